The van der Waals surface area contributed by atoms with Crippen LogP contribution in [0.1, 0.15) is 25.0 Å². The van der Waals surface area contributed by atoms with Crippen molar-refractivity contribution in [3.8, 4) is 0 Å². The van der Waals surface area contributed by atoms with Crippen LogP contribution < -0.4 is 0 Å². The minimum Gasteiger partial charge on any atom is -0.252 e. The molecule has 0 aliphatic heterocycles. The molecule has 1 fully saturated rings. The fourth-order valence-corrected chi connectivity index (χ4v) is 1.55. The van der Waals surface area contributed by atoms with Crippen LogP contribution in [0.2, 0.25) is 0 Å². The predicted octanol–water partition coefficient (Wildman–Crippen LogP) is 1.82. The summed E-state index contributed by atoms with van der Waals surface area (Å²) in [6, 6.07) is 0. The Kier molecular flexibility index (Phi) is 2.30. The molecule has 1 aliphatic rings. The smallest absolute Gasteiger partial charge is 0.0974 e. The topological polar surface area (TPSA) is 30.7 Å². The lowest BCUT2D eigenvalue weighted by molar-refractivity contribution is 0.264. The number of alkyl halides is 1. The largest absolute Gasteiger partial charge is 0.252 e. The van der Waals surface area contributed by atoms with Gasteiger partial charge in [0.15, 0.2) is 0 Å². The van der Waals surface area contributed by atoms with Gasteiger partial charge in [-0.15, -0.1) is 16.7 Å². The minimum absolute atomic E-state index is 0.463. The van der Waals surface area contributed by atoms with E-state index in [2.05, 4.69) is 10.3 Å². The van der Waals surface area contributed by atoms with E-state index in [1.54, 1.807) is 0 Å². The van der Waals surface area contributed by atoms with E-state index in [4.69, 9.17) is 11.6 Å². The molecule has 0 atom stereocenters. The number of hydrogen-bond donors (Lipinski definition) is 0. The van der Waals surface area contributed by atoms with E-state index in [1.807, 2.05) is 10.9 Å². The maximum Gasteiger partial charge on any atom is 0.0974 e. The number of halogens is 1. The molecule has 1 aromatic rings. The third-order valence-electron chi connectivity index (χ3n) is 2.39. The van der Waals surface area contributed by atoms with E-state index >= 15 is 0 Å². The summed E-state index contributed by atoms with van der Waals surface area (Å²) in [6.45, 7) is 1.02. The van der Waals surface area contributed by atoms with E-state index in [0.29, 0.717) is 5.88 Å². The Balaban J connectivity index is 1.93. The minimum atomic E-state index is 0.463. The van der Waals surface area contributed by atoms with Crippen LogP contribution in [0.5, 0.6) is 0 Å². The fraction of sp³-hybridized carbons (Fsp3) is 0.750. The van der Waals surface area contributed by atoms with Gasteiger partial charge in [0.1, 0.15) is 0 Å². The van der Waals surface area contributed by atoms with Crippen molar-refractivity contribution in [2.45, 2.75) is 31.7 Å². The van der Waals surface area contributed by atoms with Crippen LogP contribution in [0, 0.1) is 5.92 Å². The Labute approximate surface area is 76.7 Å². The zero-order valence-electron chi connectivity index (χ0n) is 6.91. The predicted molar refractivity (Wildman–Crippen MR) is 46.9 cm³/mol. The molecule has 66 valence electrons. The van der Waals surface area contributed by atoms with Crippen LogP contribution >= 0.6 is 11.6 Å². The maximum absolute atomic E-state index is 5.61. The van der Waals surface area contributed by atoms with E-state index in [-0.39, 0.29) is 0 Å². The van der Waals surface area contributed by atoms with Gasteiger partial charge in [-0.25, -0.2) is 0 Å². The molecule has 0 spiro atoms. The number of hydrogen-bond acceptors (Lipinski definition) is 2. The Morgan fingerprint density at radius 1 is 1.58 bits per heavy atom. The van der Waals surface area contributed by atoms with Crippen LogP contribution in [-0.2, 0) is 12.4 Å². The molecule has 1 aromatic heterocycles. The number of aromatic nitrogens is 3. The van der Waals surface area contributed by atoms with Crippen molar-refractivity contribution in [2.75, 3.05) is 0 Å². The lowest BCUT2D eigenvalue weighted by atomic mass is 9.85. The summed E-state index contributed by atoms with van der Waals surface area (Å²) in [5, 5.41) is 7.92. The van der Waals surface area contributed by atoms with Gasteiger partial charge in [0, 0.05) is 12.7 Å². The molecule has 0 bridgehead atoms. The highest BCUT2D eigenvalue weighted by molar-refractivity contribution is 6.16. The summed E-state index contributed by atoms with van der Waals surface area (Å²) in [7, 11) is 0. The molecular formula is C8H12ClN3. The highest BCUT2D eigenvalue weighted by atomic mass is 35.5. The number of nitrogens with zero attached hydrogens (tertiary/aromatic N) is 3. The van der Waals surface area contributed by atoms with Crippen molar-refractivity contribution < 1.29 is 0 Å². The third-order valence-corrected chi connectivity index (χ3v) is 2.67. The van der Waals surface area contributed by atoms with Crippen molar-refractivity contribution in [2.24, 2.45) is 5.92 Å². The van der Waals surface area contributed by atoms with Gasteiger partial charge in [-0.2, -0.15) is 0 Å². The van der Waals surface area contributed by atoms with Gasteiger partial charge in [0.2, 0.25) is 0 Å². The van der Waals surface area contributed by atoms with Crippen molar-refractivity contribution in [3.05, 3.63) is 11.9 Å². The summed E-state index contributed by atoms with van der Waals surface area (Å²) in [6.07, 6.45) is 6.00. The van der Waals surface area contributed by atoms with Crippen LogP contribution in [-0.4, -0.2) is 15.0 Å². The molecule has 0 radical (unpaired) electrons. The molecule has 3 nitrogen and oxygen atoms in total. The molecule has 1 heterocycles. The van der Waals surface area contributed by atoms with Crippen molar-refractivity contribution >= 4 is 11.6 Å². The second-order valence-corrected chi connectivity index (χ2v) is 3.63. The average Bonchev–Trinajstić information content (AvgIpc) is 2.44. The second kappa shape index (κ2) is 3.44. The molecule has 4 heteroatoms. The summed E-state index contributed by atoms with van der Waals surface area (Å²) in [4.78, 5) is 0. The summed E-state index contributed by atoms with van der Waals surface area (Å²) < 4.78 is 1.90. The SMILES string of the molecule is ClCc1cn(CC2CCC2)nn1. The average molecular weight is 186 g/mol. The zero-order chi connectivity index (χ0) is 8.39. The standard InChI is InChI=1S/C8H12ClN3/c9-4-8-6-12(11-10-8)5-7-2-1-3-7/h6-7H,1-5H2. The Bertz CT molecular complexity index is 255. The summed E-state index contributed by atoms with van der Waals surface area (Å²) >= 11 is 5.61. The van der Waals surface area contributed by atoms with Crippen molar-refractivity contribution in [1.29, 1.82) is 0 Å². The molecule has 1 aliphatic carbocycles. The van der Waals surface area contributed by atoms with Crippen molar-refractivity contribution in [3.63, 3.8) is 0 Å². The van der Waals surface area contributed by atoms with Crippen LogP contribution in [0.4, 0.5) is 0 Å². The zero-order valence-corrected chi connectivity index (χ0v) is 7.67. The van der Waals surface area contributed by atoms with E-state index in [9.17, 15) is 0 Å². The first-order valence-corrected chi connectivity index (χ1v) is 4.87. The summed E-state index contributed by atoms with van der Waals surface area (Å²) in [5.41, 5.74) is 0.871. The molecule has 0 unspecified atom stereocenters. The first-order valence-electron chi connectivity index (χ1n) is 4.33. The molecule has 2 rings (SSSR count). The molecule has 0 saturated heterocycles. The van der Waals surface area contributed by atoms with Crippen LogP contribution in [0.3, 0.4) is 0 Å². The molecule has 12 heavy (non-hydrogen) atoms. The first kappa shape index (κ1) is 8.05. The van der Waals surface area contributed by atoms with Crippen LogP contribution in [0.15, 0.2) is 6.20 Å². The highest BCUT2D eigenvalue weighted by Crippen LogP contribution is 2.27. The fourth-order valence-electron chi connectivity index (χ4n) is 1.43. The summed E-state index contributed by atoms with van der Waals surface area (Å²) in [5.74, 6) is 1.29. The normalized spacial score (nSPS) is 17.8. The van der Waals surface area contributed by atoms with Gasteiger partial charge in [-0.3, -0.25) is 4.68 Å². The van der Waals surface area contributed by atoms with E-state index < -0.39 is 0 Å². The Hall–Kier alpha value is -0.570. The van der Waals surface area contributed by atoms with E-state index in [1.165, 1.54) is 19.3 Å². The van der Waals surface area contributed by atoms with Gasteiger partial charge < -0.3 is 0 Å². The number of rotatable bonds is 3. The lowest BCUT2D eigenvalue weighted by Gasteiger charge is -2.24. The highest BCUT2D eigenvalue weighted by Gasteiger charge is 2.18. The molecule has 0 N–H and O–H groups in total. The van der Waals surface area contributed by atoms with Gasteiger partial charge in [-0.1, -0.05) is 11.6 Å². The van der Waals surface area contributed by atoms with Crippen LogP contribution in [0.25, 0.3) is 0 Å². The molecule has 1 saturated carbocycles. The maximum atomic E-state index is 5.61. The van der Waals surface area contributed by atoms with Gasteiger partial charge in [-0.05, 0) is 18.8 Å². The Morgan fingerprint density at radius 3 is 2.92 bits per heavy atom. The monoisotopic (exact) mass is 185 g/mol. The quantitative estimate of drug-likeness (QED) is 0.673. The van der Waals surface area contributed by atoms with Gasteiger partial charge >= 0.3 is 0 Å². The molecular weight excluding hydrogens is 174 g/mol. The van der Waals surface area contributed by atoms with Crippen molar-refractivity contribution in [1.82, 2.24) is 15.0 Å². The lowest BCUT2D eigenvalue weighted by Crippen LogP contribution is -2.18. The Morgan fingerprint density at radius 2 is 2.42 bits per heavy atom. The van der Waals surface area contributed by atoms with Gasteiger partial charge in [0.25, 0.3) is 0 Å². The van der Waals surface area contributed by atoms with Gasteiger partial charge in [0.05, 0.1) is 11.6 Å². The third kappa shape index (κ3) is 1.61. The second-order valence-electron chi connectivity index (χ2n) is 3.36. The first-order chi connectivity index (χ1) is 5.88. The molecule has 0 amide bonds. The van der Waals surface area contributed by atoms with E-state index in [0.717, 1.165) is 18.2 Å². The molecule has 0 aromatic carbocycles.